The van der Waals surface area contributed by atoms with Gasteiger partial charge in [0.1, 0.15) is 11.9 Å². The van der Waals surface area contributed by atoms with E-state index in [9.17, 15) is 4.79 Å². The Balaban J connectivity index is 2.09. The first kappa shape index (κ1) is 14.9. The maximum atomic E-state index is 11.2. The number of ether oxygens (including phenoxy) is 3. The van der Waals surface area contributed by atoms with Gasteiger partial charge in [0.2, 0.25) is 0 Å². The zero-order valence-corrected chi connectivity index (χ0v) is 12.3. The van der Waals surface area contributed by atoms with Crippen molar-refractivity contribution in [3.63, 3.8) is 0 Å². The van der Waals surface area contributed by atoms with Gasteiger partial charge in [-0.25, -0.2) is 0 Å². The van der Waals surface area contributed by atoms with Gasteiger partial charge in [0, 0.05) is 19.8 Å². The van der Waals surface area contributed by atoms with Crippen molar-refractivity contribution >= 4 is 5.97 Å². The number of hydrogen-bond acceptors (Lipinski definition) is 4. The van der Waals surface area contributed by atoms with Crippen LogP contribution >= 0.6 is 0 Å². The first-order valence-electron chi connectivity index (χ1n) is 7.09. The van der Waals surface area contributed by atoms with Gasteiger partial charge in [-0.15, -0.1) is 0 Å². The van der Waals surface area contributed by atoms with Gasteiger partial charge in [0.05, 0.1) is 19.3 Å². The quantitative estimate of drug-likeness (QED) is 0.793. The predicted molar refractivity (Wildman–Crippen MR) is 75.7 cm³/mol. The van der Waals surface area contributed by atoms with Crippen molar-refractivity contribution in [3.05, 3.63) is 29.8 Å². The van der Waals surface area contributed by atoms with Crippen molar-refractivity contribution in [1.29, 1.82) is 0 Å². The van der Waals surface area contributed by atoms with Crippen LogP contribution in [0.2, 0.25) is 0 Å². The van der Waals surface area contributed by atoms with E-state index in [1.54, 1.807) is 7.11 Å². The molecular weight excluding hydrogens is 256 g/mol. The average Bonchev–Trinajstić information content (AvgIpc) is 2.46. The lowest BCUT2D eigenvalue weighted by atomic mass is 9.95. The Bertz CT molecular complexity index is 440. The second-order valence-corrected chi connectivity index (χ2v) is 5.13. The molecule has 0 unspecified atom stereocenters. The molecule has 0 aliphatic carbocycles. The third kappa shape index (κ3) is 3.73. The van der Waals surface area contributed by atoms with E-state index in [0.29, 0.717) is 6.42 Å². The lowest BCUT2D eigenvalue weighted by molar-refractivity contribution is -0.160. The van der Waals surface area contributed by atoms with E-state index in [0.717, 1.165) is 24.2 Å². The summed E-state index contributed by atoms with van der Waals surface area (Å²) in [5.41, 5.74) is 1.10. The molecule has 1 heterocycles. The van der Waals surface area contributed by atoms with Gasteiger partial charge >= 0.3 is 5.97 Å². The third-order valence-corrected chi connectivity index (χ3v) is 3.64. The predicted octanol–water partition coefficient (Wildman–Crippen LogP) is 3.26. The number of hydrogen-bond donors (Lipinski definition) is 0. The van der Waals surface area contributed by atoms with E-state index in [-0.39, 0.29) is 24.3 Å². The topological polar surface area (TPSA) is 44.8 Å². The first-order valence-corrected chi connectivity index (χ1v) is 7.09. The van der Waals surface area contributed by atoms with Gasteiger partial charge in [0.25, 0.3) is 0 Å². The van der Waals surface area contributed by atoms with Crippen molar-refractivity contribution in [2.75, 3.05) is 7.11 Å². The Morgan fingerprint density at radius 3 is 2.55 bits per heavy atom. The molecule has 4 nitrogen and oxygen atoms in total. The van der Waals surface area contributed by atoms with Crippen molar-refractivity contribution in [2.45, 2.75) is 51.4 Å². The summed E-state index contributed by atoms with van der Waals surface area (Å²) in [6, 6.07) is 7.86. The molecule has 4 heteroatoms. The van der Waals surface area contributed by atoms with Crippen molar-refractivity contribution in [2.24, 2.45) is 0 Å². The number of carbonyl (C=O) groups is 1. The maximum absolute atomic E-state index is 11.2. The summed E-state index contributed by atoms with van der Waals surface area (Å²) in [5, 5.41) is 0. The van der Waals surface area contributed by atoms with Crippen LogP contribution in [0.4, 0.5) is 0 Å². The molecule has 20 heavy (non-hydrogen) atoms. The summed E-state index contributed by atoms with van der Waals surface area (Å²) in [6.45, 7) is 3.55. The fourth-order valence-electron chi connectivity index (χ4n) is 2.60. The highest BCUT2D eigenvalue weighted by Gasteiger charge is 2.31. The Morgan fingerprint density at radius 1 is 1.30 bits per heavy atom. The van der Waals surface area contributed by atoms with Crippen molar-refractivity contribution < 1.29 is 19.0 Å². The number of carbonyl (C=O) groups excluding carboxylic acids is 1. The number of methoxy groups -OCH3 is 1. The van der Waals surface area contributed by atoms with Gasteiger partial charge in [-0.2, -0.15) is 0 Å². The molecule has 0 N–H and O–H groups in total. The zero-order valence-electron chi connectivity index (χ0n) is 12.3. The van der Waals surface area contributed by atoms with Crippen LogP contribution in [0, 0.1) is 0 Å². The summed E-state index contributed by atoms with van der Waals surface area (Å²) in [4.78, 5) is 11.2. The standard InChI is InChI=1S/C16H22O4/c1-4-13-9-15(19-11(2)17)10-16(20-13)12-5-7-14(18-3)8-6-12/h5-8,13,15-16H,4,9-10H2,1-3H3/t13-,15+,16-/m0/s1. The third-order valence-electron chi connectivity index (χ3n) is 3.64. The van der Waals surface area contributed by atoms with E-state index in [1.165, 1.54) is 6.92 Å². The lowest BCUT2D eigenvalue weighted by Gasteiger charge is -2.34. The smallest absolute Gasteiger partial charge is 0.302 e. The summed E-state index contributed by atoms with van der Waals surface area (Å²) in [5.74, 6) is 0.605. The number of rotatable bonds is 4. The van der Waals surface area contributed by atoms with Crippen LogP contribution in [0.1, 0.15) is 44.8 Å². The average molecular weight is 278 g/mol. The Morgan fingerprint density at radius 2 is 2.00 bits per heavy atom. The molecule has 2 rings (SSSR count). The SMILES string of the molecule is CC[C@H]1C[C@@H](OC(C)=O)C[C@@H](c2ccc(OC)cc2)O1. The van der Waals surface area contributed by atoms with Crippen LogP contribution in [0.15, 0.2) is 24.3 Å². The second-order valence-electron chi connectivity index (χ2n) is 5.13. The Hall–Kier alpha value is -1.55. The first-order chi connectivity index (χ1) is 9.62. The highest BCUT2D eigenvalue weighted by molar-refractivity contribution is 5.66. The van der Waals surface area contributed by atoms with Gasteiger partial charge in [0.15, 0.2) is 0 Å². The summed E-state index contributed by atoms with van der Waals surface area (Å²) in [7, 11) is 1.65. The van der Waals surface area contributed by atoms with Crippen LogP contribution in [-0.4, -0.2) is 25.3 Å². The molecule has 0 saturated carbocycles. The summed E-state index contributed by atoms with van der Waals surface area (Å²) < 4.78 is 16.6. The molecule has 0 aromatic heterocycles. The molecule has 1 fully saturated rings. The Labute approximate surface area is 120 Å². The fourth-order valence-corrected chi connectivity index (χ4v) is 2.60. The van der Waals surface area contributed by atoms with Crippen molar-refractivity contribution in [3.8, 4) is 5.75 Å². The molecule has 0 spiro atoms. The molecule has 0 radical (unpaired) electrons. The maximum Gasteiger partial charge on any atom is 0.302 e. The molecular formula is C16H22O4. The number of benzene rings is 1. The minimum atomic E-state index is -0.222. The minimum absolute atomic E-state index is 0.0241. The van der Waals surface area contributed by atoms with E-state index >= 15 is 0 Å². The minimum Gasteiger partial charge on any atom is -0.497 e. The molecule has 3 atom stereocenters. The monoisotopic (exact) mass is 278 g/mol. The highest BCUT2D eigenvalue weighted by Crippen LogP contribution is 2.34. The zero-order chi connectivity index (χ0) is 14.5. The van der Waals surface area contributed by atoms with Crippen molar-refractivity contribution in [1.82, 2.24) is 0 Å². The van der Waals surface area contributed by atoms with Gasteiger partial charge in [-0.1, -0.05) is 19.1 Å². The van der Waals surface area contributed by atoms with Crippen LogP contribution in [0.25, 0.3) is 0 Å². The van der Waals surface area contributed by atoms with E-state index in [2.05, 4.69) is 6.92 Å². The highest BCUT2D eigenvalue weighted by atomic mass is 16.6. The fraction of sp³-hybridized carbons (Fsp3) is 0.562. The molecule has 1 aliphatic rings. The van der Waals surface area contributed by atoms with Gasteiger partial charge in [-0.05, 0) is 24.1 Å². The summed E-state index contributed by atoms with van der Waals surface area (Å²) >= 11 is 0. The van der Waals surface area contributed by atoms with Crippen LogP contribution < -0.4 is 4.74 Å². The molecule has 0 amide bonds. The number of esters is 1. The van der Waals surface area contributed by atoms with E-state index in [1.807, 2.05) is 24.3 Å². The van der Waals surface area contributed by atoms with Crippen LogP contribution in [0.3, 0.4) is 0 Å². The molecule has 1 saturated heterocycles. The lowest BCUT2D eigenvalue weighted by Crippen LogP contribution is -2.33. The molecule has 1 aliphatic heterocycles. The van der Waals surface area contributed by atoms with Gasteiger partial charge in [-0.3, -0.25) is 4.79 Å². The van der Waals surface area contributed by atoms with Gasteiger partial charge < -0.3 is 14.2 Å². The molecule has 1 aromatic carbocycles. The second kappa shape index (κ2) is 6.75. The molecule has 110 valence electrons. The van der Waals surface area contributed by atoms with E-state index < -0.39 is 0 Å². The molecule has 1 aromatic rings. The van der Waals surface area contributed by atoms with E-state index in [4.69, 9.17) is 14.2 Å². The molecule has 0 bridgehead atoms. The van der Waals surface area contributed by atoms with Crippen LogP contribution in [0.5, 0.6) is 5.75 Å². The Kier molecular flexibility index (Phi) is 5.01. The normalized spacial score (nSPS) is 26.1. The largest absolute Gasteiger partial charge is 0.497 e. The summed E-state index contributed by atoms with van der Waals surface area (Å²) in [6.07, 6.45) is 2.47. The van der Waals surface area contributed by atoms with Crippen LogP contribution in [-0.2, 0) is 14.3 Å².